The first-order chi connectivity index (χ1) is 10.2. The molecule has 21 heavy (non-hydrogen) atoms. The van der Waals surface area contributed by atoms with Gasteiger partial charge in [-0.3, -0.25) is 9.20 Å². The summed E-state index contributed by atoms with van der Waals surface area (Å²) in [7, 11) is 0. The minimum Gasteiger partial charge on any atom is -0.345 e. The topological polar surface area (TPSA) is 59.3 Å². The number of fused-ring (bicyclic) bond motifs is 1. The molecule has 0 spiro atoms. The molecule has 0 saturated carbocycles. The first kappa shape index (κ1) is 13.5. The van der Waals surface area contributed by atoms with Gasteiger partial charge in [0.25, 0.3) is 5.91 Å². The number of nitrogens with one attached hydrogen (secondary N) is 1. The fourth-order valence-corrected chi connectivity index (χ4v) is 2.22. The quantitative estimate of drug-likeness (QED) is 0.808. The monoisotopic (exact) mass is 304 g/mol. The highest BCUT2D eigenvalue weighted by atomic mass is 35.5. The molecule has 7 heteroatoms. The van der Waals surface area contributed by atoms with E-state index in [2.05, 4.69) is 15.5 Å². The number of benzene rings is 1. The molecule has 0 unspecified atom stereocenters. The molecule has 106 valence electrons. The van der Waals surface area contributed by atoms with E-state index in [0.717, 1.165) is 0 Å². The number of carbonyl (C=O) groups excluding carboxylic acids is 1. The Labute approximate surface area is 124 Å². The van der Waals surface area contributed by atoms with Gasteiger partial charge in [0.2, 0.25) is 0 Å². The minimum absolute atomic E-state index is 0.0681. The summed E-state index contributed by atoms with van der Waals surface area (Å²) in [5, 5.41) is 10.6. The van der Waals surface area contributed by atoms with Crippen LogP contribution in [0.3, 0.4) is 0 Å². The summed E-state index contributed by atoms with van der Waals surface area (Å²) < 4.78 is 15.4. The summed E-state index contributed by atoms with van der Waals surface area (Å²) >= 11 is 5.85. The molecule has 0 atom stereocenters. The second-order valence-corrected chi connectivity index (χ2v) is 4.73. The number of nitrogens with zero attached hydrogens (tertiary/aromatic N) is 3. The van der Waals surface area contributed by atoms with E-state index < -0.39 is 11.7 Å². The molecule has 3 rings (SSSR count). The van der Waals surface area contributed by atoms with Crippen molar-refractivity contribution in [3.05, 3.63) is 64.8 Å². The van der Waals surface area contributed by atoms with Gasteiger partial charge in [0.1, 0.15) is 5.82 Å². The SMILES string of the molecule is O=C(NCc1nnc2ccccn12)c1c(F)cccc1Cl. The van der Waals surface area contributed by atoms with Crippen LogP contribution in [-0.2, 0) is 6.54 Å². The standard InChI is InChI=1S/C14H10ClFN4O/c15-9-4-3-5-10(16)13(9)14(21)17-8-12-19-18-11-6-1-2-7-20(11)12/h1-7H,8H2,(H,17,21). The van der Waals surface area contributed by atoms with Gasteiger partial charge < -0.3 is 5.32 Å². The van der Waals surface area contributed by atoms with E-state index >= 15 is 0 Å². The normalized spacial score (nSPS) is 10.8. The molecule has 0 aliphatic carbocycles. The zero-order valence-electron chi connectivity index (χ0n) is 10.8. The van der Waals surface area contributed by atoms with Crippen LogP contribution >= 0.6 is 11.6 Å². The molecule has 1 N–H and O–H groups in total. The van der Waals surface area contributed by atoms with Gasteiger partial charge in [-0.15, -0.1) is 10.2 Å². The van der Waals surface area contributed by atoms with Gasteiger partial charge in [-0.2, -0.15) is 0 Å². The van der Waals surface area contributed by atoms with Crippen LogP contribution in [0.5, 0.6) is 0 Å². The smallest absolute Gasteiger partial charge is 0.256 e. The first-order valence-corrected chi connectivity index (χ1v) is 6.55. The van der Waals surface area contributed by atoms with E-state index in [4.69, 9.17) is 11.6 Å². The molecule has 0 aliphatic heterocycles. The molecule has 0 radical (unpaired) electrons. The van der Waals surface area contributed by atoms with Gasteiger partial charge >= 0.3 is 0 Å². The highest BCUT2D eigenvalue weighted by Gasteiger charge is 2.16. The van der Waals surface area contributed by atoms with E-state index in [9.17, 15) is 9.18 Å². The largest absolute Gasteiger partial charge is 0.345 e. The average Bonchev–Trinajstić information content (AvgIpc) is 2.88. The van der Waals surface area contributed by atoms with Crippen LogP contribution in [0.25, 0.3) is 5.65 Å². The van der Waals surface area contributed by atoms with E-state index in [1.54, 1.807) is 16.7 Å². The lowest BCUT2D eigenvalue weighted by Crippen LogP contribution is -2.25. The molecule has 2 heterocycles. The Kier molecular flexibility index (Phi) is 3.53. The van der Waals surface area contributed by atoms with Crippen molar-refractivity contribution in [3.63, 3.8) is 0 Å². The van der Waals surface area contributed by atoms with Crippen LogP contribution < -0.4 is 5.32 Å². The van der Waals surface area contributed by atoms with Gasteiger partial charge in [0, 0.05) is 6.20 Å². The summed E-state index contributed by atoms with van der Waals surface area (Å²) in [6.45, 7) is 0.120. The fourth-order valence-electron chi connectivity index (χ4n) is 1.97. The second-order valence-electron chi connectivity index (χ2n) is 4.32. The lowest BCUT2D eigenvalue weighted by atomic mass is 10.2. The lowest BCUT2D eigenvalue weighted by molar-refractivity contribution is 0.0946. The molecule has 0 aliphatic rings. The molecule has 1 amide bonds. The Bertz CT molecular complexity index is 797. The molecule has 0 bridgehead atoms. The summed E-state index contributed by atoms with van der Waals surface area (Å²) in [4.78, 5) is 12.0. The summed E-state index contributed by atoms with van der Waals surface area (Å²) in [5.74, 6) is -0.705. The van der Waals surface area contributed by atoms with Crippen molar-refractivity contribution in [2.75, 3.05) is 0 Å². The molecule has 0 fully saturated rings. The number of aromatic nitrogens is 3. The van der Waals surface area contributed by atoms with Crippen LogP contribution in [0, 0.1) is 5.82 Å². The first-order valence-electron chi connectivity index (χ1n) is 6.17. The van der Waals surface area contributed by atoms with Crippen molar-refractivity contribution in [2.45, 2.75) is 6.54 Å². The Hall–Kier alpha value is -2.47. The lowest BCUT2D eigenvalue weighted by Gasteiger charge is -2.06. The van der Waals surface area contributed by atoms with Crippen LogP contribution in [0.15, 0.2) is 42.6 Å². The number of pyridine rings is 1. The predicted octanol–water partition coefficient (Wildman–Crippen LogP) is 2.45. The second kappa shape index (κ2) is 5.49. The van der Waals surface area contributed by atoms with E-state index in [1.807, 2.05) is 12.1 Å². The maximum absolute atomic E-state index is 13.6. The maximum Gasteiger partial charge on any atom is 0.256 e. The van der Waals surface area contributed by atoms with Crippen LogP contribution in [0.1, 0.15) is 16.2 Å². The third kappa shape index (κ3) is 2.57. The van der Waals surface area contributed by atoms with E-state index in [0.29, 0.717) is 11.5 Å². The summed E-state index contributed by atoms with van der Waals surface area (Å²) in [6, 6.07) is 9.56. The summed E-state index contributed by atoms with van der Waals surface area (Å²) in [5.41, 5.74) is 0.499. The number of hydrogen-bond donors (Lipinski definition) is 1. The van der Waals surface area contributed by atoms with Crippen molar-refractivity contribution in [1.82, 2.24) is 19.9 Å². The van der Waals surface area contributed by atoms with Crippen molar-refractivity contribution < 1.29 is 9.18 Å². The molecule has 3 aromatic rings. The minimum atomic E-state index is -0.661. The number of halogens is 2. The Balaban J connectivity index is 1.80. The number of amides is 1. The number of carbonyl (C=O) groups is 1. The molecule has 5 nitrogen and oxygen atoms in total. The zero-order valence-corrected chi connectivity index (χ0v) is 11.5. The third-order valence-corrected chi connectivity index (χ3v) is 3.30. The molecular weight excluding hydrogens is 295 g/mol. The van der Waals surface area contributed by atoms with Gasteiger partial charge in [-0.25, -0.2) is 4.39 Å². The molecular formula is C14H10ClFN4O. The average molecular weight is 305 g/mol. The van der Waals surface area contributed by atoms with Crippen LogP contribution in [-0.4, -0.2) is 20.5 Å². The summed E-state index contributed by atoms with van der Waals surface area (Å²) in [6.07, 6.45) is 1.78. The third-order valence-electron chi connectivity index (χ3n) is 2.98. The van der Waals surface area contributed by atoms with Crippen molar-refractivity contribution in [2.24, 2.45) is 0 Å². The number of rotatable bonds is 3. The molecule has 0 saturated heterocycles. The van der Waals surface area contributed by atoms with E-state index in [-0.39, 0.29) is 17.1 Å². The fraction of sp³-hybridized carbons (Fsp3) is 0.0714. The van der Waals surface area contributed by atoms with Gasteiger partial charge in [0.05, 0.1) is 17.1 Å². The maximum atomic E-state index is 13.6. The van der Waals surface area contributed by atoms with Crippen molar-refractivity contribution in [3.8, 4) is 0 Å². The van der Waals surface area contributed by atoms with Crippen molar-refractivity contribution in [1.29, 1.82) is 0 Å². The van der Waals surface area contributed by atoms with Crippen LogP contribution in [0.2, 0.25) is 5.02 Å². The molecule has 1 aromatic carbocycles. The highest BCUT2D eigenvalue weighted by molar-refractivity contribution is 6.33. The van der Waals surface area contributed by atoms with E-state index in [1.165, 1.54) is 18.2 Å². The van der Waals surface area contributed by atoms with Gasteiger partial charge in [-0.05, 0) is 24.3 Å². The highest BCUT2D eigenvalue weighted by Crippen LogP contribution is 2.18. The van der Waals surface area contributed by atoms with Gasteiger partial charge in [0.15, 0.2) is 11.5 Å². The predicted molar refractivity (Wildman–Crippen MR) is 75.6 cm³/mol. The van der Waals surface area contributed by atoms with Crippen molar-refractivity contribution >= 4 is 23.2 Å². The van der Waals surface area contributed by atoms with Gasteiger partial charge in [-0.1, -0.05) is 23.7 Å². The Morgan fingerprint density at radius 2 is 2.10 bits per heavy atom. The Morgan fingerprint density at radius 1 is 1.24 bits per heavy atom. The molecule has 2 aromatic heterocycles. The number of hydrogen-bond acceptors (Lipinski definition) is 3. The Morgan fingerprint density at radius 3 is 2.90 bits per heavy atom. The van der Waals surface area contributed by atoms with Crippen LogP contribution in [0.4, 0.5) is 4.39 Å². The zero-order chi connectivity index (χ0) is 14.8.